The van der Waals surface area contributed by atoms with Crippen LogP contribution in [-0.2, 0) is 0 Å². The minimum absolute atomic E-state index is 0.429. The standard InChI is InChI=1S/C4H9Si3/c1-4(2,3)7(5)6/h1-3H3. The first kappa shape index (κ1) is 7.65. The molecule has 0 aliphatic carbocycles. The quantitative estimate of drug-likeness (QED) is 0.434. The van der Waals surface area contributed by atoms with Crippen LogP contribution >= 0.6 is 0 Å². The molecule has 37 valence electrons. The molecule has 0 amide bonds. The van der Waals surface area contributed by atoms with E-state index >= 15 is 0 Å². The molecule has 0 nitrogen and oxygen atoms in total. The van der Waals surface area contributed by atoms with Crippen molar-refractivity contribution < 1.29 is 0 Å². The first-order valence-corrected chi connectivity index (χ1v) is 6.75. The third-order valence-electron chi connectivity index (χ3n) is 0.750. The van der Waals surface area contributed by atoms with E-state index in [1.165, 1.54) is 0 Å². The summed E-state index contributed by atoms with van der Waals surface area (Å²) >= 11 is 0. The molecule has 0 bridgehead atoms. The summed E-state index contributed by atoms with van der Waals surface area (Å²) in [6.45, 7) is 6.63. The third kappa shape index (κ3) is 3.25. The van der Waals surface area contributed by atoms with Gasteiger partial charge in [0.1, 0.15) is 0 Å². The molecule has 0 heterocycles. The van der Waals surface area contributed by atoms with E-state index in [1.54, 1.807) is 0 Å². The molecule has 7 heavy (non-hydrogen) atoms. The zero-order valence-corrected chi connectivity index (χ0v) is 8.00. The maximum Gasteiger partial charge on any atom is 0.0212 e. The monoisotopic (exact) mass is 141 g/mol. The Balaban J connectivity index is 3.54. The highest BCUT2D eigenvalue weighted by Crippen LogP contribution is 2.22. The van der Waals surface area contributed by atoms with E-state index in [-0.39, 0.29) is 0 Å². The lowest BCUT2D eigenvalue weighted by Crippen LogP contribution is -2.26. The summed E-state index contributed by atoms with van der Waals surface area (Å²) in [5.41, 5.74) is 0. The van der Waals surface area contributed by atoms with Crippen LogP contribution in [0.4, 0.5) is 0 Å². The second-order valence-electron chi connectivity index (χ2n) is 2.62. The van der Waals surface area contributed by atoms with Crippen molar-refractivity contribution in [2.75, 3.05) is 0 Å². The minimum atomic E-state index is -0.439. The van der Waals surface area contributed by atoms with Gasteiger partial charge in [-0.25, -0.2) is 0 Å². The van der Waals surface area contributed by atoms with E-state index in [4.69, 9.17) is 0 Å². The van der Waals surface area contributed by atoms with E-state index in [9.17, 15) is 0 Å². The van der Waals surface area contributed by atoms with Crippen LogP contribution in [0.1, 0.15) is 20.8 Å². The molecule has 0 rings (SSSR count). The van der Waals surface area contributed by atoms with Crippen molar-refractivity contribution in [1.29, 1.82) is 0 Å². The molecule has 0 atom stereocenters. The smallest absolute Gasteiger partial charge is 0.0212 e. The predicted octanol–water partition coefficient (Wildman–Crippen LogP) is 0.612. The molecular weight excluding hydrogens is 132 g/mol. The summed E-state index contributed by atoms with van der Waals surface area (Å²) in [7, 11) is 6.67. The second-order valence-corrected chi connectivity index (χ2v) is 9.38. The lowest BCUT2D eigenvalue weighted by atomic mass is 10.3. The number of rotatable bonds is 0. The molecule has 0 aliphatic rings. The fourth-order valence-corrected chi connectivity index (χ4v) is 0. The second kappa shape index (κ2) is 2.28. The van der Waals surface area contributed by atoms with Crippen molar-refractivity contribution in [1.82, 2.24) is 0 Å². The molecule has 7 radical (unpaired) electrons. The average molecular weight is 141 g/mol. The van der Waals surface area contributed by atoms with Crippen LogP contribution in [0.3, 0.4) is 0 Å². The Morgan fingerprint density at radius 3 is 1.29 bits per heavy atom. The van der Waals surface area contributed by atoms with Crippen LogP contribution in [0.15, 0.2) is 0 Å². The Kier molecular flexibility index (Phi) is 2.49. The van der Waals surface area contributed by atoms with Gasteiger partial charge < -0.3 is 0 Å². The van der Waals surface area contributed by atoms with Gasteiger partial charge in [-0.3, -0.25) is 0 Å². The number of hydrogen-bond donors (Lipinski definition) is 0. The summed E-state index contributed by atoms with van der Waals surface area (Å²) in [5.74, 6) is 0. The molecule has 0 fully saturated rings. The van der Waals surface area contributed by atoms with Gasteiger partial charge in [0.15, 0.2) is 0 Å². The molecule has 3 heteroatoms. The van der Waals surface area contributed by atoms with E-state index in [1.807, 2.05) is 0 Å². The summed E-state index contributed by atoms with van der Waals surface area (Å²) in [5, 5.41) is 0.429. The van der Waals surface area contributed by atoms with Gasteiger partial charge in [-0.05, 0) is 0 Å². The topological polar surface area (TPSA) is 0 Å². The first-order valence-electron chi connectivity index (χ1n) is 2.25. The van der Waals surface area contributed by atoms with Gasteiger partial charge in [-0.2, -0.15) is 0 Å². The highest BCUT2D eigenvalue weighted by Gasteiger charge is 2.15. The Labute approximate surface area is 53.7 Å². The third-order valence-corrected chi connectivity index (χ3v) is 6.75. The van der Waals surface area contributed by atoms with Gasteiger partial charge in [0.2, 0.25) is 0 Å². The van der Waals surface area contributed by atoms with Gasteiger partial charge in [0, 0.05) is 27.4 Å². The zero-order chi connectivity index (χ0) is 6.08. The molecule has 0 spiro atoms. The molecule has 0 aromatic heterocycles. The summed E-state index contributed by atoms with van der Waals surface area (Å²) in [6.07, 6.45) is 0. The largest absolute Gasteiger partial charge is 0.0634 e. The highest BCUT2D eigenvalue weighted by molar-refractivity contribution is 7.30. The Morgan fingerprint density at radius 1 is 1.14 bits per heavy atom. The zero-order valence-electron chi connectivity index (χ0n) is 5.00. The van der Waals surface area contributed by atoms with Gasteiger partial charge in [0.25, 0.3) is 0 Å². The first-order chi connectivity index (χ1) is 2.94. The van der Waals surface area contributed by atoms with Crippen molar-refractivity contribution in [3.05, 3.63) is 0 Å². The van der Waals surface area contributed by atoms with Gasteiger partial charge in [-0.15, -0.1) is 0 Å². The average Bonchev–Trinajstić information content (AvgIpc) is 1.31. The van der Waals surface area contributed by atoms with Crippen LogP contribution in [0.2, 0.25) is 5.04 Å². The molecule has 0 unspecified atom stereocenters. The summed E-state index contributed by atoms with van der Waals surface area (Å²) in [6, 6.07) is 0. The van der Waals surface area contributed by atoms with E-state index < -0.39 is 7.83 Å². The maximum atomic E-state index is 3.56. The molecule has 0 saturated carbocycles. The molecule has 0 aliphatic heterocycles. The van der Waals surface area contributed by atoms with E-state index in [0.717, 1.165) is 0 Å². The van der Waals surface area contributed by atoms with Crippen molar-refractivity contribution in [3.8, 4) is 0 Å². The summed E-state index contributed by atoms with van der Waals surface area (Å²) in [4.78, 5) is 0. The van der Waals surface area contributed by atoms with Crippen LogP contribution in [-0.4, -0.2) is 27.4 Å². The van der Waals surface area contributed by atoms with Crippen molar-refractivity contribution in [3.63, 3.8) is 0 Å². The van der Waals surface area contributed by atoms with Crippen molar-refractivity contribution in [2.45, 2.75) is 25.8 Å². The molecular formula is C4H9Si3. The van der Waals surface area contributed by atoms with Crippen molar-refractivity contribution >= 4 is 27.4 Å². The Hall–Kier alpha value is 0.651. The minimum Gasteiger partial charge on any atom is -0.0634 e. The van der Waals surface area contributed by atoms with E-state index in [0.29, 0.717) is 5.04 Å². The Bertz CT molecular complexity index is 52.4. The molecule has 0 aromatic carbocycles. The Morgan fingerprint density at radius 2 is 1.29 bits per heavy atom. The van der Waals surface area contributed by atoms with Gasteiger partial charge >= 0.3 is 0 Å². The fraction of sp³-hybridized carbons (Fsp3) is 1.00. The van der Waals surface area contributed by atoms with Crippen LogP contribution in [0.5, 0.6) is 0 Å². The highest BCUT2D eigenvalue weighted by atomic mass is 29.5. The van der Waals surface area contributed by atoms with Gasteiger partial charge in [-0.1, -0.05) is 25.8 Å². The van der Waals surface area contributed by atoms with Crippen LogP contribution in [0, 0.1) is 0 Å². The normalized spacial score (nSPS) is 12.9. The molecule has 0 saturated heterocycles. The lowest BCUT2D eigenvalue weighted by molar-refractivity contribution is 0.758. The molecule has 0 aromatic rings. The maximum absolute atomic E-state index is 3.56. The van der Waals surface area contributed by atoms with Gasteiger partial charge in [0.05, 0.1) is 0 Å². The van der Waals surface area contributed by atoms with Crippen LogP contribution < -0.4 is 0 Å². The summed E-state index contributed by atoms with van der Waals surface area (Å²) < 4.78 is 0. The predicted molar refractivity (Wildman–Crippen MR) is 37.0 cm³/mol. The van der Waals surface area contributed by atoms with Crippen LogP contribution in [0.25, 0.3) is 0 Å². The van der Waals surface area contributed by atoms with Crippen molar-refractivity contribution in [2.24, 2.45) is 0 Å². The van der Waals surface area contributed by atoms with E-state index in [2.05, 4.69) is 40.3 Å². The fourth-order valence-electron chi connectivity index (χ4n) is 0. The SMILES string of the molecule is CC(C)(C)[Si]([Si])[Si]. The molecule has 0 N–H and O–H groups in total. The lowest BCUT2D eigenvalue weighted by Gasteiger charge is -2.20. The number of hydrogen-bond acceptors (Lipinski definition) is 0.